The van der Waals surface area contributed by atoms with Crippen LogP contribution < -0.4 is 0 Å². The Hall–Kier alpha value is 0.300. The molecule has 8 heteroatoms. The Balaban J connectivity index is 0. The van der Waals surface area contributed by atoms with E-state index in [1.807, 2.05) is 0 Å². The third kappa shape index (κ3) is 30.2. The van der Waals surface area contributed by atoms with E-state index >= 15 is 0 Å². The summed E-state index contributed by atoms with van der Waals surface area (Å²) in [6.07, 6.45) is 19.2. The molecule has 0 fully saturated rings. The van der Waals surface area contributed by atoms with Gasteiger partial charge in [0.2, 0.25) is 0 Å². The first-order valence-corrected chi connectivity index (χ1v) is 11.8. The molecule has 0 aromatic carbocycles. The Morgan fingerprint density at radius 1 is 0.625 bits per heavy atom. The van der Waals surface area contributed by atoms with E-state index in [0.29, 0.717) is 6.61 Å². The average molecular weight is 388 g/mol. The highest BCUT2D eigenvalue weighted by Crippen LogP contribution is 2.30. The van der Waals surface area contributed by atoms with Crippen molar-refractivity contribution in [2.45, 2.75) is 96.8 Å². The maximum Gasteiger partial charge on any atom is 0.323 e. The molecule has 0 aliphatic rings. The Kier molecular flexibility index (Phi) is 25.8. The summed E-state index contributed by atoms with van der Waals surface area (Å²) in [5.74, 6) is 0. The second kappa shape index (κ2) is 23.3. The normalized spacial score (nSPS) is 13.2. The zero-order valence-electron chi connectivity index (χ0n) is 15.2. The maximum absolute atomic E-state index is 9.44. The predicted octanol–water partition coefficient (Wildman–Crippen LogP) is 5.23. The Bertz CT molecular complexity index is 264. The number of unbranched alkanes of at least 4 members (excludes halogenated alkanes) is 13. The van der Waals surface area contributed by atoms with Crippen LogP contribution in [0.2, 0.25) is 0 Å². The molecule has 0 aliphatic carbocycles. The standard InChI is InChI=1S/C16H34O.H4O5P2/c1-2-3-4-5-6-7-8-9-10-11-12-13-14-15-16-17;1-6(2)5-7(3)4/h17H,2-16H2,1H3;6-7H,(H,1,2)(H,3,4). The van der Waals surface area contributed by atoms with Gasteiger partial charge in [0, 0.05) is 6.61 Å². The van der Waals surface area contributed by atoms with E-state index in [2.05, 4.69) is 11.2 Å². The van der Waals surface area contributed by atoms with E-state index in [4.69, 9.17) is 14.9 Å². The van der Waals surface area contributed by atoms with E-state index in [1.54, 1.807) is 0 Å². The number of aliphatic hydroxyl groups is 1. The minimum absolute atomic E-state index is 0.373. The second-order valence-corrected chi connectivity index (χ2v) is 7.83. The summed E-state index contributed by atoms with van der Waals surface area (Å²) in [6.45, 7) is 2.65. The lowest BCUT2D eigenvalue weighted by Crippen LogP contribution is -1.84. The van der Waals surface area contributed by atoms with Crippen LogP contribution in [0.15, 0.2) is 0 Å². The summed E-state index contributed by atoms with van der Waals surface area (Å²) in [5.41, 5.74) is 0. The summed E-state index contributed by atoms with van der Waals surface area (Å²) >= 11 is 0. The zero-order chi connectivity index (χ0) is 18.5. The van der Waals surface area contributed by atoms with Gasteiger partial charge in [0.05, 0.1) is 0 Å². The summed E-state index contributed by atoms with van der Waals surface area (Å²) in [7, 11) is -6.40. The molecule has 0 saturated carbocycles. The second-order valence-electron chi connectivity index (χ2n) is 5.95. The molecule has 0 aromatic rings. The zero-order valence-corrected chi connectivity index (χ0v) is 17.2. The van der Waals surface area contributed by atoms with Gasteiger partial charge in [-0.1, -0.05) is 90.4 Å². The summed E-state index contributed by atoms with van der Waals surface area (Å²) in [5, 5.41) is 8.64. The van der Waals surface area contributed by atoms with Crippen LogP contribution in [0.25, 0.3) is 0 Å². The molecule has 0 saturated heterocycles. The van der Waals surface area contributed by atoms with Crippen LogP contribution in [-0.4, -0.2) is 21.5 Å². The lowest BCUT2D eigenvalue weighted by atomic mass is 10.0. The predicted molar refractivity (Wildman–Crippen MR) is 101 cm³/mol. The molecule has 2 atom stereocenters. The molecule has 6 nitrogen and oxygen atoms in total. The van der Waals surface area contributed by atoms with Crippen molar-refractivity contribution in [1.29, 1.82) is 0 Å². The summed E-state index contributed by atoms with van der Waals surface area (Å²) in [6, 6.07) is 0. The van der Waals surface area contributed by atoms with Gasteiger partial charge in [-0.2, -0.15) is 0 Å². The molecule has 3 N–H and O–H groups in total. The van der Waals surface area contributed by atoms with E-state index < -0.39 is 16.5 Å². The Morgan fingerprint density at radius 2 is 0.917 bits per heavy atom. The van der Waals surface area contributed by atoms with E-state index in [9.17, 15) is 9.13 Å². The van der Waals surface area contributed by atoms with Crippen LogP contribution in [0, 0.1) is 0 Å². The molecule has 0 aromatic heterocycles. The number of aliphatic hydroxyl groups excluding tert-OH is 1. The van der Waals surface area contributed by atoms with Crippen molar-refractivity contribution in [2.75, 3.05) is 6.61 Å². The Labute approximate surface area is 148 Å². The molecule has 2 unspecified atom stereocenters. The molecule has 148 valence electrons. The fourth-order valence-corrected chi connectivity index (χ4v) is 2.98. The molecule has 0 radical (unpaired) electrons. The monoisotopic (exact) mass is 388 g/mol. The number of rotatable bonds is 16. The fraction of sp³-hybridized carbons (Fsp3) is 1.00. The van der Waals surface area contributed by atoms with Crippen LogP contribution in [0.1, 0.15) is 96.8 Å². The van der Waals surface area contributed by atoms with Gasteiger partial charge in [0.15, 0.2) is 0 Å². The quantitative estimate of drug-likeness (QED) is 0.247. The number of hydrogen-bond acceptors (Lipinski definition) is 4. The largest absolute Gasteiger partial charge is 0.396 e. The minimum Gasteiger partial charge on any atom is -0.396 e. The maximum atomic E-state index is 9.44. The topological polar surface area (TPSA) is 104 Å². The smallest absolute Gasteiger partial charge is 0.323 e. The third-order valence-electron chi connectivity index (χ3n) is 3.69. The van der Waals surface area contributed by atoms with Crippen molar-refractivity contribution in [1.82, 2.24) is 0 Å². The van der Waals surface area contributed by atoms with Crippen molar-refractivity contribution in [2.24, 2.45) is 0 Å². The first-order valence-electron chi connectivity index (χ1n) is 9.29. The van der Waals surface area contributed by atoms with Crippen LogP contribution in [-0.2, 0) is 13.4 Å². The van der Waals surface area contributed by atoms with Crippen LogP contribution in [0.3, 0.4) is 0 Å². The van der Waals surface area contributed by atoms with Crippen LogP contribution >= 0.6 is 16.5 Å². The highest BCUT2D eigenvalue weighted by Gasteiger charge is 1.94. The van der Waals surface area contributed by atoms with E-state index in [-0.39, 0.29) is 0 Å². The van der Waals surface area contributed by atoms with Crippen LogP contribution in [0.5, 0.6) is 0 Å². The van der Waals surface area contributed by atoms with Crippen molar-refractivity contribution in [3.8, 4) is 0 Å². The average Bonchev–Trinajstić information content (AvgIpc) is 2.51. The highest BCUT2D eigenvalue weighted by atomic mass is 31.2. The van der Waals surface area contributed by atoms with Gasteiger partial charge in [-0.25, -0.2) is 4.31 Å². The molecule has 0 bridgehead atoms. The highest BCUT2D eigenvalue weighted by molar-refractivity contribution is 7.46. The first kappa shape index (κ1) is 26.5. The van der Waals surface area contributed by atoms with Crippen molar-refractivity contribution >= 4 is 16.5 Å². The molecule has 0 heterocycles. The SMILES string of the molecule is CCCCCCCCCCCCCCCCO.O=[PH](O)O[PH](=O)O. The molecular weight excluding hydrogens is 350 g/mol. The van der Waals surface area contributed by atoms with Gasteiger partial charge in [0.1, 0.15) is 0 Å². The summed E-state index contributed by atoms with van der Waals surface area (Å²) in [4.78, 5) is 15.4. The van der Waals surface area contributed by atoms with Crippen molar-refractivity contribution in [3.05, 3.63) is 0 Å². The van der Waals surface area contributed by atoms with Crippen molar-refractivity contribution in [3.63, 3.8) is 0 Å². The molecule has 0 amide bonds. The van der Waals surface area contributed by atoms with Gasteiger partial charge >= 0.3 is 16.5 Å². The van der Waals surface area contributed by atoms with Crippen LogP contribution in [0.4, 0.5) is 0 Å². The minimum atomic E-state index is -3.20. The van der Waals surface area contributed by atoms with Gasteiger partial charge in [-0.3, -0.25) is 9.13 Å². The lowest BCUT2D eigenvalue weighted by Gasteiger charge is -2.02. The number of hydrogen-bond donors (Lipinski definition) is 3. The third-order valence-corrected chi connectivity index (χ3v) is 5.08. The van der Waals surface area contributed by atoms with E-state index in [0.717, 1.165) is 6.42 Å². The van der Waals surface area contributed by atoms with Gasteiger partial charge in [-0.15, -0.1) is 0 Å². The molecule has 0 rings (SSSR count). The van der Waals surface area contributed by atoms with E-state index in [1.165, 1.54) is 83.5 Å². The Morgan fingerprint density at radius 3 is 1.12 bits per heavy atom. The first-order chi connectivity index (χ1) is 11.5. The van der Waals surface area contributed by atoms with Gasteiger partial charge in [0.25, 0.3) is 0 Å². The summed E-state index contributed by atoms with van der Waals surface area (Å²) < 4.78 is 22.3. The molecule has 24 heavy (non-hydrogen) atoms. The van der Waals surface area contributed by atoms with Gasteiger partial charge < -0.3 is 14.9 Å². The van der Waals surface area contributed by atoms with Crippen molar-refractivity contribution < 1.29 is 28.3 Å². The lowest BCUT2D eigenvalue weighted by molar-refractivity contribution is 0.282. The van der Waals surface area contributed by atoms with Gasteiger partial charge in [-0.05, 0) is 6.42 Å². The molecule has 0 aliphatic heterocycles. The molecular formula is C16H38O6P2. The fourth-order valence-electron chi connectivity index (χ4n) is 2.38. The molecule has 0 spiro atoms.